The number of anilines is 1. The number of benzene rings is 1. The van der Waals surface area contributed by atoms with Gasteiger partial charge in [0.15, 0.2) is 11.5 Å². The van der Waals surface area contributed by atoms with E-state index in [1.165, 1.54) is 4.68 Å². The van der Waals surface area contributed by atoms with Crippen molar-refractivity contribution in [1.82, 2.24) is 19.2 Å². The zero-order chi connectivity index (χ0) is 20.5. The predicted octanol–water partition coefficient (Wildman–Crippen LogP) is 2.35. The third-order valence-electron chi connectivity index (χ3n) is 5.68. The van der Waals surface area contributed by atoms with Gasteiger partial charge in [0.1, 0.15) is 5.82 Å². The maximum absolute atomic E-state index is 12.7. The second-order valence-corrected chi connectivity index (χ2v) is 7.63. The molecule has 156 valence electrons. The Labute approximate surface area is 169 Å². The molecule has 1 aromatic carbocycles. The van der Waals surface area contributed by atoms with E-state index in [9.17, 15) is 9.59 Å². The third-order valence-corrected chi connectivity index (χ3v) is 5.68. The van der Waals surface area contributed by atoms with E-state index in [4.69, 9.17) is 9.47 Å². The lowest BCUT2D eigenvalue weighted by molar-refractivity contribution is 0.192. The number of ether oxygens (including phenoxy) is 2. The molecule has 1 aliphatic carbocycles. The number of hydrogen-bond donors (Lipinski definition) is 1. The molecule has 29 heavy (non-hydrogen) atoms. The van der Waals surface area contributed by atoms with Crippen molar-refractivity contribution >= 4 is 11.7 Å². The fraction of sp³-hybridized carbons (Fsp3) is 0.550. The summed E-state index contributed by atoms with van der Waals surface area (Å²) in [5, 5.41) is 7.41. The van der Waals surface area contributed by atoms with Gasteiger partial charge in [-0.25, -0.2) is 14.3 Å². The molecule has 2 heterocycles. The molecule has 1 aromatic heterocycles. The van der Waals surface area contributed by atoms with Crippen molar-refractivity contribution in [3.05, 3.63) is 34.5 Å². The number of aromatic nitrogens is 3. The highest BCUT2D eigenvalue weighted by Crippen LogP contribution is 2.37. The van der Waals surface area contributed by atoms with Crippen LogP contribution in [0.4, 0.5) is 10.5 Å². The highest BCUT2D eigenvalue weighted by molar-refractivity contribution is 5.89. The Morgan fingerprint density at radius 2 is 1.79 bits per heavy atom. The van der Waals surface area contributed by atoms with Crippen LogP contribution in [0.25, 0.3) is 0 Å². The van der Waals surface area contributed by atoms with Crippen molar-refractivity contribution in [2.75, 3.05) is 32.6 Å². The molecule has 9 nitrogen and oxygen atoms in total. The largest absolute Gasteiger partial charge is 0.493 e. The maximum atomic E-state index is 12.7. The maximum Gasteiger partial charge on any atom is 0.345 e. The van der Waals surface area contributed by atoms with Crippen LogP contribution >= 0.6 is 0 Å². The number of urea groups is 1. The first kappa shape index (κ1) is 19.4. The van der Waals surface area contributed by atoms with E-state index in [0.29, 0.717) is 36.3 Å². The number of likely N-dealkylation sites (tertiary alicyclic amines) is 1. The molecule has 0 bridgehead atoms. The van der Waals surface area contributed by atoms with Gasteiger partial charge >= 0.3 is 11.7 Å². The van der Waals surface area contributed by atoms with Gasteiger partial charge in [-0.3, -0.25) is 4.57 Å². The van der Waals surface area contributed by atoms with Gasteiger partial charge in [-0.15, -0.1) is 0 Å². The molecule has 0 atom stereocenters. The second-order valence-electron chi connectivity index (χ2n) is 7.63. The van der Waals surface area contributed by atoms with E-state index < -0.39 is 0 Å². The Hall–Kier alpha value is -2.97. The number of amides is 2. The first-order valence-corrected chi connectivity index (χ1v) is 9.95. The first-order chi connectivity index (χ1) is 14.0. The molecule has 9 heteroatoms. The summed E-state index contributed by atoms with van der Waals surface area (Å²) in [6, 6.07) is 5.45. The molecule has 1 N–H and O–H groups in total. The van der Waals surface area contributed by atoms with E-state index in [1.54, 1.807) is 44.4 Å². The van der Waals surface area contributed by atoms with Crippen LogP contribution in [0.1, 0.15) is 43.5 Å². The smallest absolute Gasteiger partial charge is 0.345 e. The van der Waals surface area contributed by atoms with Gasteiger partial charge < -0.3 is 19.7 Å². The molecule has 2 fully saturated rings. The fourth-order valence-electron chi connectivity index (χ4n) is 3.91. The molecule has 2 aromatic rings. The Balaban J connectivity index is 1.39. The van der Waals surface area contributed by atoms with Gasteiger partial charge in [-0.05, 0) is 37.8 Å². The Bertz CT molecular complexity index is 954. The van der Waals surface area contributed by atoms with E-state index in [-0.39, 0.29) is 17.6 Å². The number of methoxy groups -OCH3 is 2. The van der Waals surface area contributed by atoms with Crippen molar-refractivity contribution < 1.29 is 14.3 Å². The summed E-state index contributed by atoms with van der Waals surface area (Å²) in [7, 11) is 4.84. The standard InChI is InChI=1S/C20H27N5O4/c1-23-20(27)25(15-5-6-15)18(22-23)13-8-10-24(11-9-13)19(26)21-14-4-7-16(28-2)17(12-14)29-3/h4,7,12-13,15H,5-6,8-11H2,1-3H3,(H,21,26). The second kappa shape index (κ2) is 7.81. The van der Waals surface area contributed by atoms with Gasteiger partial charge in [-0.1, -0.05) is 0 Å². The van der Waals surface area contributed by atoms with Crippen molar-refractivity contribution in [2.45, 2.75) is 37.6 Å². The highest BCUT2D eigenvalue weighted by atomic mass is 16.5. The number of hydrogen-bond acceptors (Lipinski definition) is 5. The summed E-state index contributed by atoms with van der Waals surface area (Å²) in [6.45, 7) is 1.25. The Kier molecular flexibility index (Phi) is 5.21. The number of piperidine rings is 1. The molecule has 4 rings (SSSR count). The van der Waals surface area contributed by atoms with Crippen LogP contribution < -0.4 is 20.5 Å². The fourth-order valence-corrected chi connectivity index (χ4v) is 3.91. The molecular weight excluding hydrogens is 374 g/mol. The van der Waals surface area contributed by atoms with E-state index >= 15 is 0 Å². The summed E-state index contributed by atoms with van der Waals surface area (Å²) in [4.78, 5) is 26.8. The minimum Gasteiger partial charge on any atom is -0.493 e. The molecule has 2 aliphatic rings. The number of carbonyl (C=O) groups excluding carboxylic acids is 1. The molecule has 1 saturated carbocycles. The SMILES string of the molecule is COc1ccc(NC(=O)N2CCC(c3nn(C)c(=O)n3C3CC3)CC2)cc1OC. The molecular formula is C20H27N5O4. The lowest BCUT2D eigenvalue weighted by atomic mass is 9.96. The monoisotopic (exact) mass is 401 g/mol. The van der Waals surface area contributed by atoms with Crippen LogP contribution in [0.15, 0.2) is 23.0 Å². The summed E-state index contributed by atoms with van der Waals surface area (Å²) >= 11 is 0. The number of aryl methyl sites for hydroxylation is 1. The van der Waals surface area contributed by atoms with Crippen LogP contribution in [0.2, 0.25) is 0 Å². The number of rotatable bonds is 5. The van der Waals surface area contributed by atoms with E-state index in [2.05, 4.69) is 10.4 Å². The predicted molar refractivity (Wildman–Crippen MR) is 108 cm³/mol. The third kappa shape index (κ3) is 3.81. The average Bonchev–Trinajstić information content (AvgIpc) is 3.53. The lowest BCUT2D eigenvalue weighted by Crippen LogP contribution is -2.41. The van der Waals surface area contributed by atoms with Crippen LogP contribution in [0.3, 0.4) is 0 Å². The summed E-state index contributed by atoms with van der Waals surface area (Å²) < 4.78 is 13.8. The lowest BCUT2D eigenvalue weighted by Gasteiger charge is -2.31. The molecule has 0 radical (unpaired) electrons. The van der Waals surface area contributed by atoms with E-state index in [0.717, 1.165) is 31.5 Å². The number of carbonyl (C=O) groups is 1. The van der Waals surface area contributed by atoms with Gasteiger partial charge in [0.2, 0.25) is 0 Å². The Morgan fingerprint density at radius 3 is 2.41 bits per heavy atom. The van der Waals surface area contributed by atoms with Crippen LogP contribution in [-0.4, -0.2) is 52.6 Å². The van der Waals surface area contributed by atoms with Gasteiger partial charge in [0, 0.05) is 43.9 Å². The summed E-state index contributed by atoms with van der Waals surface area (Å²) in [5.41, 5.74) is 0.623. The van der Waals surface area contributed by atoms with Crippen molar-refractivity contribution in [2.24, 2.45) is 7.05 Å². The minimum atomic E-state index is -0.142. The van der Waals surface area contributed by atoms with Crippen molar-refractivity contribution in [1.29, 1.82) is 0 Å². The number of nitrogens with zero attached hydrogens (tertiary/aromatic N) is 4. The first-order valence-electron chi connectivity index (χ1n) is 9.95. The molecule has 0 spiro atoms. The average molecular weight is 401 g/mol. The number of nitrogens with one attached hydrogen (secondary N) is 1. The minimum absolute atomic E-state index is 0.0314. The van der Waals surface area contributed by atoms with Crippen LogP contribution in [0, 0.1) is 0 Å². The summed E-state index contributed by atoms with van der Waals surface area (Å²) in [6.07, 6.45) is 3.68. The quantitative estimate of drug-likeness (QED) is 0.831. The summed E-state index contributed by atoms with van der Waals surface area (Å²) in [5.74, 6) is 2.26. The molecule has 0 unspecified atom stereocenters. The molecule has 2 amide bonds. The van der Waals surface area contributed by atoms with Gasteiger partial charge in [-0.2, -0.15) is 5.10 Å². The molecule has 1 aliphatic heterocycles. The topological polar surface area (TPSA) is 90.6 Å². The Morgan fingerprint density at radius 1 is 1.10 bits per heavy atom. The van der Waals surface area contributed by atoms with Crippen LogP contribution in [-0.2, 0) is 7.05 Å². The normalized spacial score (nSPS) is 17.3. The zero-order valence-electron chi connectivity index (χ0n) is 17.1. The van der Waals surface area contributed by atoms with Crippen LogP contribution in [0.5, 0.6) is 11.5 Å². The van der Waals surface area contributed by atoms with Crippen molar-refractivity contribution in [3.8, 4) is 11.5 Å². The van der Waals surface area contributed by atoms with Crippen molar-refractivity contribution in [3.63, 3.8) is 0 Å². The van der Waals surface area contributed by atoms with Gasteiger partial charge in [0.05, 0.1) is 14.2 Å². The highest BCUT2D eigenvalue weighted by Gasteiger charge is 2.34. The van der Waals surface area contributed by atoms with E-state index in [1.807, 2.05) is 4.57 Å². The van der Waals surface area contributed by atoms with Gasteiger partial charge in [0.25, 0.3) is 0 Å². The molecule has 1 saturated heterocycles. The zero-order valence-corrected chi connectivity index (χ0v) is 17.1.